The molecule has 4 rings (SSSR count). The first-order chi connectivity index (χ1) is 11.6. The van der Waals surface area contributed by atoms with Crippen LogP contribution in [0.3, 0.4) is 0 Å². The molecule has 1 saturated heterocycles. The number of benzene rings is 1. The Morgan fingerprint density at radius 2 is 2.08 bits per heavy atom. The van der Waals surface area contributed by atoms with E-state index >= 15 is 0 Å². The zero-order chi connectivity index (χ0) is 16.7. The fourth-order valence-corrected chi connectivity index (χ4v) is 3.75. The third-order valence-electron chi connectivity index (χ3n) is 3.69. The lowest BCUT2D eigenvalue weighted by molar-refractivity contribution is -0.122. The van der Waals surface area contributed by atoms with E-state index in [4.69, 9.17) is 26.1 Å². The van der Waals surface area contributed by atoms with Crippen LogP contribution in [0.1, 0.15) is 17.1 Å². The number of aryl methyl sites for hydroxylation is 1. The highest BCUT2D eigenvalue weighted by atomic mass is 32.2. The predicted molar refractivity (Wildman–Crippen MR) is 94.7 cm³/mol. The number of fused-ring (bicyclic) bond motifs is 1. The van der Waals surface area contributed by atoms with Crippen LogP contribution in [0.25, 0.3) is 6.08 Å². The van der Waals surface area contributed by atoms with Gasteiger partial charge in [0.2, 0.25) is 6.79 Å². The van der Waals surface area contributed by atoms with Gasteiger partial charge in [-0.15, -0.1) is 0 Å². The molecule has 0 N–H and O–H groups in total. The van der Waals surface area contributed by atoms with Gasteiger partial charge in [0.05, 0.1) is 11.4 Å². The van der Waals surface area contributed by atoms with Crippen molar-refractivity contribution in [3.05, 3.63) is 52.3 Å². The first-order valence-electron chi connectivity index (χ1n) is 7.30. The standard InChI is InChI=1S/C17H13NO4S2/c1-10-2-4-12(22-10)7-15-16(19)18(17(23)24-15)8-11-3-5-13-14(6-11)21-9-20-13/h2-7H,8-9H2,1H3/b15-7-. The minimum atomic E-state index is -0.114. The highest BCUT2D eigenvalue weighted by molar-refractivity contribution is 8.26. The van der Waals surface area contributed by atoms with Gasteiger partial charge in [0.25, 0.3) is 5.91 Å². The van der Waals surface area contributed by atoms with Crippen molar-refractivity contribution >= 4 is 40.3 Å². The number of hydrogen-bond acceptors (Lipinski definition) is 6. The van der Waals surface area contributed by atoms with Crippen LogP contribution >= 0.6 is 24.0 Å². The largest absolute Gasteiger partial charge is 0.462 e. The molecule has 1 amide bonds. The van der Waals surface area contributed by atoms with Gasteiger partial charge in [0, 0.05) is 6.08 Å². The van der Waals surface area contributed by atoms with Crippen molar-refractivity contribution in [3.8, 4) is 11.5 Å². The molecule has 0 radical (unpaired) electrons. The molecule has 1 aromatic carbocycles. The molecule has 2 aliphatic heterocycles. The van der Waals surface area contributed by atoms with Gasteiger partial charge in [-0.1, -0.05) is 30.0 Å². The van der Waals surface area contributed by atoms with E-state index in [0.29, 0.717) is 27.3 Å². The van der Waals surface area contributed by atoms with Crippen LogP contribution in [0.2, 0.25) is 0 Å². The highest BCUT2D eigenvalue weighted by Crippen LogP contribution is 2.36. The molecule has 7 heteroatoms. The fourth-order valence-electron chi connectivity index (χ4n) is 2.52. The molecule has 5 nitrogen and oxygen atoms in total. The predicted octanol–water partition coefficient (Wildman–Crippen LogP) is 3.72. The van der Waals surface area contributed by atoms with Crippen molar-refractivity contribution in [3.63, 3.8) is 0 Å². The summed E-state index contributed by atoms with van der Waals surface area (Å²) in [7, 11) is 0. The van der Waals surface area contributed by atoms with Gasteiger partial charge in [-0.05, 0) is 36.8 Å². The van der Waals surface area contributed by atoms with Crippen molar-refractivity contribution in [2.24, 2.45) is 0 Å². The second-order valence-electron chi connectivity index (χ2n) is 5.40. The average molecular weight is 359 g/mol. The van der Waals surface area contributed by atoms with Gasteiger partial charge in [0.1, 0.15) is 15.8 Å². The molecule has 0 aliphatic carbocycles. The van der Waals surface area contributed by atoms with Crippen LogP contribution in [0.4, 0.5) is 0 Å². The van der Waals surface area contributed by atoms with Crippen LogP contribution in [0, 0.1) is 6.92 Å². The van der Waals surface area contributed by atoms with Crippen molar-refractivity contribution in [1.82, 2.24) is 4.90 Å². The summed E-state index contributed by atoms with van der Waals surface area (Å²) in [5.74, 6) is 2.75. The van der Waals surface area contributed by atoms with Gasteiger partial charge in [-0.25, -0.2) is 0 Å². The second-order valence-corrected chi connectivity index (χ2v) is 7.08. The zero-order valence-electron chi connectivity index (χ0n) is 12.8. The number of nitrogens with zero attached hydrogens (tertiary/aromatic N) is 1. The lowest BCUT2D eigenvalue weighted by Crippen LogP contribution is -2.27. The van der Waals surface area contributed by atoms with E-state index in [0.717, 1.165) is 17.1 Å². The second kappa shape index (κ2) is 5.99. The molecule has 1 fully saturated rings. The number of rotatable bonds is 3. The van der Waals surface area contributed by atoms with Crippen molar-refractivity contribution in [1.29, 1.82) is 0 Å². The van der Waals surface area contributed by atoms with Crippen molar-refractivity contribution in [2.45, 2.75) is 13.5 Å². The maximum atomic E-state index is 12.6. The van der Waals surface area contributed by atoms with Gasteiger partial charge >= 0.3 is 0 Å². The number of thiocarbonyl (C=S) groups is 1. The number of furan rings is 1. The van der Waals surface area contributed by atoms with Crippen LogP contribution < -0.4 is 9.47 Å². The summed E-state index contributed by atoms with van der Waals surface area (Å²) in [6, 6.07) is 9.32. The molecule has 2 aliphatic rings. The van der Waals surface area contributed by atoms with E-state index in [9.17, 15) is 4.79 Å². The van der Waals surface area contributed by atoms with Gasteiger partial charge in [-0.2, -0.15) is 0 Å². The minimum absolute atomic E-state index is 0.114. The van der Waals surface area contributed by atoms with E-state index in [1.807, 2.05) is 37.3 Å². The van der Waals surface area contributed by atoms with Crippen LogP contribution in [0.5, 0.6) is 11.5 Å². The van der Waals surface area contributed by atoms with Crippen LogP contribution in [-0.4, -0.2) is 21.9 Å². The molecule has 1 aromatic heterocycles. The van der Waals surface area contributed by atoms with Gasteiger partial charge in [-0.3, -0.25) is 9.69 Å². The van der Waals surface area contributed by atoms with Crippen LogP contribution in [0.15, 0.2) is 39.7 Å². The molecule has 0 spiro atoms. The Labute approximate surface area is 148 Å². The van der Waals surface area contributed by atoms with E-state index < -0.39 is 0 Å². The van der Waals surface area contributed by atoms with Crippen molar-refractivity contribution < 1.29 is 18.7 Å². The molecule has 122 valence electrons. The third kappa shape index (κ3) is 2.81. The maximum absolute atomic E-state index is 12.6. The van der Waals surface area contributed by atoms with Crippen LogP contribution in [-0.2, 0) is 11.3 Å². The Bertz CT molecular complexity index is 871. The van der Waals surface area contributed by atoms with E-state index in [-0.39, 0.29) is 12.7 Å². The highest BCUT2D eigenvalue weighted by Gasteiger charge is 2.32. The Morgan fingerprint density at radius 1 is 1.25 bits per heavy atom. The number of amides is 1. The number of hydrogen-bond donors (Lipinski definition) is 0. The Kier molecular flexibility index (Phi) is 3.82. The summed E-state index contributed by atoms with van der Waals surface area (Å²) in [4.78, 5) is 14.8. The molecule has 3 heterocycles. The first kappa shape index (κ1) is 15.3. The molecule has 2 aromatic rings. The zero-order valence-corrected chi connectivity index (χ0v) is 14.4. The third-order valence-corrected chi connectivity index (χ3v) is 5.06. The normalized spacial score (nSPS) is 18.0. The minimum Gasteiger partial charge on any atom is -0.462 e. The molecular weight excluding hydrogens is 346 g/mol. The summed E-state index contributed by atoms with van der Waals surface area (Å²) in [5.41, 5.74) is 0.936. The number of carbonyl (C=O) groups excluding carboxylic acids is 1. The van der Waals surface area contributed by atoms with E-state index in [1.54, 1.807) is 11.0 Å². The van der Waals surface area contributed by atoms with E-state index in [2.05, 4.69) is 0 Å². The molecule has 24 heavy (non-hydrogen) atoms. The topological polar surface area (TPSA) is 51.9 Å². The average Bonchev–Trinajstić information content (AvgIpc) is 3.24. The molecular formula is C17H13NO4S2. The summed E-state index contributed by atoms with van der Waals surface area (Å²) >= 11 is 6.64. The molecule has 0 atom stereocenters. The Hall–Kier alpha value is -2.25. The molecule has 0 bridgehead atoms. The van der Waals surface area contributed by atoms with Crippen molar-refractivity contribution in [2.75, 3.05) is 6.79 Å². The monoisotopic (exact) mass is 359 g/mol. The lowest BCUT2D eigenvalue weighted by atomic mass is 10.2. The quantitative estimate of drug-likeness (QED) is 0.615. The van der Waals surface area contributed by atoms with E-state index in [1.165, 1.54) is 11.8 Å². The summed E-state index contributed by atoms with van der Waals surface area (Å²) in [5, 5.41) is 0. The Morgan fingerprint density at radius 3 is 2.88 bits per heavy atom. The molecule has 0 saturated carbocycles. The number of ether oxygens (including phenoxy) is 2. The maximum Gasteiger partial charge on any atom is 0.266 e. The molecule has 0 unspecified atom stereocenters. The first-order valence-corrected chi connectivity index (χ1v) is 8.53. The fraction of sp³-hybridized carbons (Fsp3) is 0.176. The number of thioether (sulfide) groups is 1. The van der Waals surface area contributed by atoms with Gasteiger partial charge < -0.3 is 13.9 Å². The Balaban J connectivity index is 1.54. The smallest absolute Gasteiger partial charge is 0.266 e. The lowest BCUT2D eigenvalue weighted by Gasteiger charge is -2.14. The summed E-state index contributed by atoms with van der Waals surface area (Å²) in [6.07, 6.45) is 1.73. The van der Waals surface area contributed by atoms with Gasteiger partial charge in [0.15, 0.2) is 11.5 Å². The summed E-state index contributed by atoms with van der Waals surface area (Å²) < 4.78 is 16.7. The number of carbonyl (C=O) groups is 1. The SMILES string of the molecule is Cc1ccc(/C=C2\SC(=S)N(Cc3ccc4c(c3)OCO4)C2=O)o1. The summed E-state index contributed by atoms with van der Waals surface area (Å²) in [6.45, 7) is 2.49.